The number of allylic oxidation sites excluding steroid dienone is 4. The molecule has 0 radical (unpaired) electrons. The van der Waals surface area contributed by atoms with Crippen molar-refractivity contribution in [3.63, 3.8) is 0 Å². The Morgan fingerprint density at radius 2 is 1.52 bits per heavy atom. The van der Waals surface area contributed by atoms with E-state index in [4.69, 9.17) is 9.47 Å². The first-order chi connectivity index (χ1) is 12.9. The lowest BCUT2D eigenvalue weighted by atomic mass is 9.83. The summed E-state index contributed by atoms with van der Waals surface area (Å²) in [4.78, 5) is 37.0. The first-order valence-electron chi connectivity index (χ1n) is 8.96. The Morgan fingerprint density at radius 3 is 2.04 bits per heavy atom. The number of esters is 2. The topological polar surface area (TPSA) is 69.7 Å². The summed E-state index contributed by atoms with van der Waals surface area (Å²) in [5, 5.41) is 0. The predicted octanol–water partition coefficient (Wildman–Crippen LogP) is 3.58. The summed E-state index contributed by atoms with van der Waals surface area (Å²) < 4.78 is 9.72. The molecule has 0 aromatic heterocycles. The average molecular weight is 370 g/mol. The minimum atomic E-state index is -1.48. The van der Waals surface area contributed by atoms with Crippen LogP contribution in [0.3, 0.4) is 0 Å². The molecule has 0 saturated carbocycles. The maximum Gasteiger partial charge on any atom is 0.323 e. The first-order valence-corrected chi connectivity index (χ1v) is 8.96. The maximum atomic E-state index is 12.4. The van der Waals surface area contributed by atoms with Crippen LogP contribution in [0.2, 0.25) is 0 Å². The van der Waals surface area contributed by atoms with Gasteiger partial charge in [0.15, 0.2) is 11.2 Å². The van der Waals surface area contributed by atoms with Gasteiger partial charge in [-0.05, 0) is 37.8 Å². The van der Waals surface area contributed by atoms with E-state index < -0.39 is 17.4 Å². The van der Waals surface area contributed by atoms with Gasteiger partial charge >= 0.3 is 11.9 Å². The summed E-state index contributed by atoms with van der Waals surface area (Å²) in [7, 11) is 2.47. The zero-order valence-electron chi connectivity index (χ0n) is 16.3. The number of carbonyl (C=O) groups excluding carboxylic acids is 3. The lowest BCUT2D eigenvalue weighted by Crippen LogP contribution is -2.39. The fraction of sp³-hybridized carbons (Fsp3) is 0.409. The van der Waals surface area contributed by atoms with Crippen LogP contribution in [0.1, 0.15) is 38.7 Å². The lowest BCUT2D eigenvalue weighted by molar-refractivity contribution is -0.168. The van der Waals surface area contributed by atoms with Gasteiger partial charge in [0.05, 0.1) is 14.2 Å². The molecule has 0 bridgehead atoms. The number of carbonyl (C=O) groups is 3. The summed E-state index contributed by atoms with van der Waals surface area (Å²) in [5.74, 6) is -1.48. The second kappa shape index (κ2) is 8.80. The largest absolute Gasteiger partial charge is 0.468 e. The minimum absolute atomic E-state index is 0.0148. The van der Waals surface area contributed by atoms with E-state index >= 15 is 0 Å². The SMILES string of the molecule is COC(=O)C1(C(=O)OC)CC(C(C)=O)=C(/C(C)=C/CCc2ccccc2)C1. The van der Waals surface area contributed by atoms with Crippen LogP contribution in [-0.4, -0.2) is 31.9 Å². The van der Waals surface area contributed by atoms with Crippen LogP contribution >= 0.6 is 0 Å². The van der Waals surface area contributed by atoms with Gasteiger partial charge in [-0.2, -0.15) is 0 Å². The smallest absolute Gasteiger partial charge is 0.323 e. The molecule has 0 saturated heterocycles. The Labute approximate surface area is 160 Å². The van der Waals surface area contributed by atoms with Crippen molar-refractivity contribution in [3.8, 4) is 0 Å². The highest BCUT2D eigenvalue weighted by Crippen LogP contribution is 2.46. The molecule has 0 N–H and O–H groups in total. The summed E-state index contributed by atoms with van der Waals surface area (Å²) in [6.07, 6.45) is 3.86. The van der Waals surface area contributed by atoms with Crippen molar-refractivity contribution in [3.05, 3.63) is 58.7 Å². The number of hydrogen-bond donors (Lipinski definition) is 0. The molecule has 0 atom stereocenters. The number of Topliss-reactive ketones (excluding diaryl/α,β-unsaturated/α-hetero) is 1. The highest BCUT2D eigenvalue weighted by Gasteiger charge is 2.54. The van der Waals surface area contributed by atoms with Crippen molar-refractivity contribution in [2.24, 2.45) is 5.41 Å². The van der Waals surface area contributed by atoms with E-state index in [-0.39, 0.29) is 18.6 Å². The average Bonchev–Trinajstić information content (AvgIpc) is 3.10. The second-order valence-corrected chi connectivity index (χ2v) is 6.84. The van der Waals surface area contributed by atoms with Crippen LogP contribution in [0.15, 0.2) is 53.1 Å². The van der Waals surface area contributed by atoms with Gasteiger partial charge in [0.2, 0.25) is 0 Å². The minimum Gasteiger partial charge on any atom is -0.468 e. The van der Waals surface area contributed by atoms with Crippen molar-refractivity contribution in [1.29, 1.82) is 0 Å². The molecule has 2 rings (SSSR count). The molecule has 0 aliphatic heterocycles. The number of ketones is 1. The third-order valence-corrected chi connectivity index (χ3v) is 5.10. The normalized spacial score (nSPS) is 16.2. The summed E-state index contributed by atoms with van der Waals surface area (Å²) in [6.45, 7) is 3.37. The first kappa shape index (κ1) is 20.6. The Kier molecular flexibility index (Phi) is 6.72. The molecule has 1 aromatic carbocycles. The quantitative estimate of drug-likeness (QED) is 0.542. The van der Waals surface area contributed by atoms with Crippen molar-refractivity contribution in [2.45, 2.75) is 39.5 Å². The predicted molar refractivity (Wildman–Crippen MR) is 102 cm³/mol. The van der Waals surface area contributed by atoms with Gasteiger partial charge in [0.25, 0.3) is 0 Å². The van der Waals surface area contributed by atoms with Crippen LogP contribution < -0.4 is 0 Å². The Bertz CT molecular complexity index is 770. The Hall–Kier alpha value is -2.69. The van der Waals surface area contributed by atoms with Crippen LogP contribution in [0.5, 0.6) is 0 Å². The highest BCUT2D eigenvalue weighted by atomic mass is 16.5. The summed E-state index contributed by atoms with van der Waals surface area (Å²) in [6, 6.07) is 10.1. The van der Waals surface area contributed by atoms with E-state index in [2.05, 4.69) is 18.2 Å². The molecule has 27 heavy (non-hydrogen) atoms. The van der Waals surface area contributed by atoms with E-state index in [9.17, 15) is 14.4 Å². The zero-order valence-corrected chi connectivity index (χ0v) is 16.3. The van der Waals surface area contributed by atoms with Gasteiger partial charge in [-0.3, -0.25) is 14.4 Å². The van der Waals surface area contributed by atoms with E-state index in [0.29, 0.717) is 5.57 Å². The van der Waals surface area contributed by atoms with E-state index in [0.717, 1.165) is 24.0 Å². The highest BCUT2D eigenvalue weighted by molar-refractivity contribution is 6.06. The third kappa shape index (κ3) is 4.35. The summed E-state index contributed by atoms with van der Waals surface area (Å²) in [5.41, 5.74) is 1.90. The van der Waals surface area contributed by atoms with Crippen LogP contribution in [0.25, 0.3) is 0 Å². The molecular weight excluding hydrogens is 344 g/mol. The molecule has 0 heterocycles. The van der Waals surface area contributed by atoms with Crippen LogP contribution in [0, 0.1) is 5.41 Å². The Morgan fingerprint density at radius 1 is 0.963 bits per heavy atom. The fourth-order valence-electron chi connectivity index (χ4n) is 3.58. The van der Waals surface area contributed by atoms with Crippen molar-refractivity contribution in [2.75, 3.05) is 14.2 Å². The number of aryl methyl sites for hydroxylation is 1. The molecule has 5 nitrogen and oxygen atoms in total. The number of rotatable bonds is 7. The number of hydrogen-bond acceptors (Lipinski definition) is 5. The molecule has 144 valence electrons. The molecule has 1 aliphatic carbocycles. The third-order valence-electron chi connectivity index (χ3n) is 5.10. The van der Waals surface area contributed by atoms with Crippen molar-refractivity contribution >= 4 is 17.7 Å². The maximum absolute atomic E-state index is 12.4. The van der Waals surface area contributed by atoms with Crippen molar-refractivity contribution in [1.82, 2.24) is 0 Å². The zero-order chi connectivity index (χ0) is 20.0. The standard InChI is InChI=1S/C22H26O5/c1-15(9-8-12-17-10-6-5-7-11-17)18-13-22(20(24)26-3,21(25)27-4)14-19(18)16(2)23/h5-7,9-11H,8,12-14H2,1-4H3/b15-9+. The molecule has 1 aromatic rings. The fourth-order valence-corrected chi connectivity index (χ4v) is 3.58. The van der Waals surface area contributed by atoms with E-state index in [1.165, 1.54) is 26.7 Å². The Balaban J connectivity index is 2.27. The summed E-state index contributed by atoms with van der Waals surface area (Å²) >= 11 is 0. The van der Waals surface area contributed by atoms with Gasteiger partial charge < -0.3 is 9.47 Å². The number of ether oxygens (including phenoxy) is 2. The van der Waals surface area contributed by atoms with Crippen LogP contribution in [0.4, 0.5) is 0 Å². The molecule has 5 heteroatoms. The molecule has 1 aliphatic rings. The molecule has 0 unspecified atom stereocenters. The molecular formula is C22H26O5. The molecule has 0 amide bonds. The van der Waals surface area contributed by atoms with Gasteiger partial charge in [0, 0.05) is 18.4 Å². The van der Waals surface area contributed by atoms with Crippen molar-refractivity contribution < 1.29 is 23.9 Å². The van der Waals surface area contributed by atoms with Gasteiger partial charge in [0.1, 0.15) is 0 Å². The van der Waals surface area contributed by atoms with E-state index in [1.54, 1.807) is 0 Å². The number of benzene rings is 1. The van der Waals surface area contributed by atoms with Gasteiger partial charge in [-0.25, -0.2) is 0 Å². The van der Waals surface area contributed by atoms with Gasteiger partial charge in [-0.15, -0.1) is 0 Å². The van der Waals surface area contributed by atoms with Gasteiger partial charge in [-0.1, -0.05) is 42.0 Å². The molecule has 0 fully saturated rings. The van der Waals surface area contributed by atoms with Crippen LogP contribution in [-0.2, 0) is 30.3 Å². The second-order valence-electron chi connectivity index (χ2n) is 6.84. The monoisotopic (exact) mass is 370 g/mol. The number of methoxy groups -OCH3 is 2. The van der Waals surface area contributed by atoms with E-state index in [1.807, 2.05) is 25.1 Å². The lowest BCUT2D eigenvalue weighted by Gasteiger charge is -2.23. The molecule has 0 spiro atoms.